The molecule has 0 fully saturated rings. The van der Waals surface area contributed by atoms with Crippen molar-refractivity contribution in [3.05, 3.63) is 59.7 Å². The van der Waals surface area contributed by atoms with Crippen LogP contribution in [0.3, 0.4) is 0 Å². The summed E-state index contributed by atoms with van der Waals surface area (Å²) in [6, 6.07) is 8.01. The van der Waals surface area contributed by atoms with Crippen molar-refractivity contribution >= 4 is 11.3 Å². The molecule has 0 atom stereocenters. The van der Waals surface area contributed by atoms with Crippen molar-refractivity contribution < 1.29 is 0 Å². The van der Waals surface area contributed by atoms with Gasteiger partial charge < -0.3 is 5.73 Å². The molecular weight excluding hydrogens is 182 g/mol. The monoisotopic (exact) mass is 197 g/mol. The number of benzene rings is 1. The third-order valence-corrected chi connectivity index (χ3v) is 2.68. The van der Waals surface area contributed by atoms with E-state index >= 15 is 0 Å². The highest BCUT2D eigenvalue weighted by atomic mass is 14.6. The molecule has 1 aliphatic rings. The lowest BCUT2D eigenvalue weighted by Crippen LogP contribution is -1.97. The van der Waals surface area contributed by atoms with E-state index in [0.29, 0.717) is 0 Å². The van der Waals surface area contributed by atoms with Gasteiger partial charge in [0.25, 0.3) is 0 Å². The van der Waals surface area contributed by atoms with Gasteiger partial charge in [0, 0.05) is 11.3 Å². The van der Waals surface area contributed by atoms with Gasteiger partial charge in [-0.05, 0) is 30.6 Å². The smallest absolute Gasteiger partial charge is 0.0393 e. The molecule has 1 heteroatoms. The van der Waals surface area contributed by atoms with Crippen LogP contribution in [0.2, 0.25) is 0 Å². The second-order valence-electron chi connectivity index (χ2n) is 3.61. The van der Waals surface area contributed by atoms with Crippen molar-refractivity contribution in [2.75, 3.05) is 5.73 Å². The largest absolute Gasteiger partial charge is 0.398 e. The number of hydrogen-bond acceptors (Lipinski definition) is 1. The van der Waals surface area contributed by atoms with Crippen LogP contribution >= 0.6 is 0 Å². The number of nitrogen functional groups attached to an aromatic ring is 1. The minimum Gasteiger partial charge on any atom is -0.398 e. The van der Waals surface area contributed by atoms with E-state index in [9.17, 15) is 0 Å². The Labute approximate surface area is 90.6 Å². The van der Waals surface area contributed by atoms with Gasteiger partial charge in [-0.25, -0.2) is 0 Å². The summed E-state index contributed by atoms with van der Waals surface area (Å²) in [6.07, 6.45) is 9.54. The molecule has 2 N–H and O–H groups in total. The van der Waals surface area contributed by atoms with Crippen LogP contribution in [0, 0.1) is 0 Å². The Morgan fingerprint density at radius 2 is 2.07 bits per heavy atom. The fraction of sp³-hybridized carbons (Fsp3) is 0.143. The van der Waals surface area contributed by atoms with Crippen LogP contribution in [-0.2, 0) is 0 Å². The number of hydrogen-bond donors (Lipinski definition) is 1. The number of para-hydroxylation sites is 1. The molecule has 0 bridgehead atoms. The topological polar surface area (TPSA) is 26.0 Å². The number of rotatable bonds is 1. The van der Waals surface area contributed by atoms with Crippen LogP contribution in [0.1, 0.15) is 18.9 Å². The normalized spacial score (nSPS) is 17.9. The third-order valence-electron chi connectivity index (χ3n) is 2.68. The molecule has 0 spiro atoms. The first-order chi connectivity index (χ1) is 7.33. The van der Waals surface area contributed by atoms with E-state index < -0.39 is 0 Å². The highest BCUT2D eigenvalue weighted by Crippen LogP contribution is 2.31. The van der Waals surface area contributed by atoms with E-state index in [0.717, 1.165) is 17.7 Å². The molecule has 1 nitrogen and oxygen atoms in total. The lowest BCUT2D eigenvalue weighted by Gasteiger charge is -2.15. The van der Waals surface area contributed by atoms with Crippen LogP contribution in [-0.4, -0.2) is 0 Å². The number of anilines is 1. The van der Waals surface area contributed by atoms with Crippen LogP contribution in [0.4, 0.5) is 5.69 Å². The molecule has 0 radical (unpaired) electrons. The second-order valence-corrected chi connectivity index (χ2v) is 3.61. The van der Waals surface area contributed by atoms with E-state index in [1.165, 1.54) is 11.1 Å². The summed E-state index contributed by atoms with van der Waals surface area (Å²) in [5.41, 5.74) is 10.5. The third kappa shape index (κ3) is 1.86. The Morgan fingerprint density at radius 3 is 2.80 bits per heavy atom. The van der Waals surface area contributed by atoms with Crippen molar-refractivity contribution in [1.82, 2.24) is 0 Å². The Morgan fingerprint density at radius 1 is 1.27 bits per heavy atom. The molecule has 0 aromatic heterocycles. The molecule has 0 saturated carbocycles. The fourth-order valence-corrected chi connectivity index (χ4v) is 1.85. The Kier molecular flexibility index (Phi) is 2.72. The van der Waals surface area contributed by atoms with Crippen LogP contribution in [0.5, 0.6) is 0 Å². The molecule has 1 aliphatic carbocycles. The van der Waals surface area contributed by atoms with E-state index in [1.54, 1.807) is 0 Å². The molecule has 76 valence electrons. The highest BCUT2D eigenvalue weighted by Gasteiger charge is 2.10. The average molecular weight is 197 g/mol. The van der Waals surface area contributed by atoms with E-state index in [2.05, 4.69) is 37.3 Å². The minimum absolute atomic E-state index is 0.846. The maximum atomic E-state index is 5.98. The predicted octanol–water partition coefficient (Wildman–Crippen LogP) is 3.56. The first-order valence-electron chi connectivity index (χ1n) is 5.20. The first kappa shape index (κ1) is 9.78. The van der Waals surface area contributed by atoms with Crippen molar-refractivity contribution in [3.63, 3.8) is 0 Å². The zero-order valence-electron chi connectivity index (χ0n) is 8.90. The molecule has 0 heterocycles. The zero-order chi connectivity index (χ0) is 10.7. The van der Waals surface area contributed by atoms with Gasteiger partial charge in [-0.3, -0.25) is 0 Å². The van der Waals surface area contributed by atoms with Crippen LogP contribution in [0.25, 0.3) is 5.57 Å². The number of nitrogens with two attached hydrogens (primary N) is 1. The lowest BCUT2D eigenvalue weighted by atomic mass is 9.91. The van der Waals surface area contributed by atoms with E-state index in [-0.39, 0.29) is 0 Å². The molecule has 1 aromatic rings. The van der Waals surface area contributed by atoms with Crippen molar-refractivity contribution in [2.45, 2.75) is 13.3 Å². The van der Waals surface area contributed by atoms with E-state index in [1.807, 2.05) is 18.2 Å². The van der Waals surface area contributed by atoms with Crippen molar-refractivity contribution in [1.29, 1.82) is 0 Å². The summed E-state index contributed by atoms with van der Waals surface area (Å²) < 4.78 is 0. The van der Waals surface area contributed by atoms with Gasteiger partial charge in [-0.1, -0.05) is 42.5 Å². The summed E-state index contributed by atoms with van der Waals surface area (Å²) >= 11 is 0. The molecule has 0 unspecified atom stereocenters. The molecule has 1 aromatic carbocycles. The Bertz CT molecular complexity index is 450. The highest BCUT2D eigenvalue weighted by molar-refractivity contribution is 5.86. The standard InChI is InChI=1S/C14H15N/c1-2-11-7-3-4-8-12(11)13-9-5-6-10-14(13)15/h2-6,8-10H,7,15H2,1H3. The second kappa shape index (κ2) is 4.18. The minimum atomic E-state index is 0.846. The molecule has 0 aliphatic heterocycles. The summed E-state index contributed by atoms with van der Waals surface area (Å²) in [5.74, 6) is 0. The summed E-state index contributed by atoms with van der Waals surface area (Å²) in [7, 11) is 0. The number of allylic oxidation sites excluding steroid dienone is 6. The maximum Gasteiger partial charge on any atom is 0.0393 e. The van der Waals surface area contributed by atoms with Gasteiger partial charge in [0.1, 0.15) is 0 Å². The van der Waals surface area contributed by atoms with Gasteiger partial charge in [0.2, 0.25) is 0 Å². The van der Waals surface area contributed by atoms with Gasteiger partial charge in [-0.15, -0.1) is 0 Å². The van der Waals surface area contributed by atoms with Gasteiger partial charge in [0.15, 0.2) is 0 Å². The van der Waals surface area contributed by atoms with Gasteiger partial charge in [0.05, 0.1) is 0 Å². The lowest BCUT2D eigenvalue weighted by molar-refractivity contribution is 1.26. The molecule has 0 amide bonds. The molecule has 2 rings (SSSR count). The van der Waals surface area contributed by atoms with Crippen molar-refractivity contribution in [2.24, 2.45) is 0 Å². The van der Waals surface area contributed by atoms with Crippen LogP contribution in [0.15, 0.2) is 54.1 Å². The van der Waals surface area contributed by atoms with Crippen LogP contribution < -0.4 is 5.73 Å². The molecule has 0 saturated heterocycles. The van der Waals surface area contributed by atoms with Crippen molar-refractivity contribution in [3.8, 4) is 0 Å². The Balaban J connectivity index is 2.50. The summed E-state index contributed by atoms with van der Waals surface area (Å²) in [6.45, 7) is 2.07. The van der Waals surface area contributed by atoms with Gasteiger partial charge >= 0.3 is 0 Å². The fourth-order valence-electron chi connectivity index (χ4n) is 1.85. The predicted molar refractivity (Wildman–Crippen MR) is 66.3 cm³/mol. The zero-order valence-corrected chi connectivity index (χ0v) is 8.90. The quantitative estimate of drug-likeness (QED) is 0.684. The Hall–Kier alpha value is -1.76. The maximum absolute atomic E-state index is 5.98. The molecule has 15 heavy (non-hydrogen) atoms. The summed E-state index contributed by atoms with van der Waals surface area (Å²) in [4.78, 5) is 0. The average Bonchev–Trinajstić information content (AvgIpc) is 2.30. The van der Waals surface area contributed by atoms with E-state index in [4.69, 9.17) is 5.73 Å². The summed E-state index contributed by atoms with van der Waals surface area (Å²) in [5, 5.41) is 0. The van der Waals surface area contributed by atoms with Gasteiger partial charge in [-0.2, -0.15) is 0 Å². The molecular formula is C14H15N. The SMILES string of the molecule is CC=C1CC=CC=C1c1ccccc1N. The first-order valence-corrected chi connectivity index (χ1v) is 5.20.